The highest BCUT2D eigenvalue weighted by Gasteiger charge is 2.22. The fourth-order valence-electron chi connectivity index (χ4n) is 3.59. The largest absolute Gasteiger partial charge is 0.353 e. The summed E-state index contributed by atoms with van der Waals surface area (Å²) in [6, 6.07) is 15.1. The third kappa shape index (κ3) is 5.02. The van der Waals surface area contributed by atoms with E-state index in [0.717, 1.165) is 5.56 Å². The number of carbonyl (C=O) groups is 1. The summed E-state index contributed by atoms with van der Waals surface area (Å²) in [5, 5.41) is 17.2. The number of halogens is 1. The van der Waals surface area contributed by atoms with Crippen LogP contribution in [0.2, 0.25) is 5.02 Å². The number of aromatic nitrogens is 3. The number of hydrogen-bond acceptors (Lipinski definition) is 6. The molecule has 1 aromatic carbocycles. The molecule has 0 aliphatic carbocycles. The predicted octanol–water partition coefficient (Wildman–Crippen LogP) is 2.61. The monoisotopic (exact) mass is 435 g/mol. The van der Waals surface area contributed by atoms with Crippen LogP contribution in [0.5, 0.6) is 0 Å². The summed E-state index contributed by atoms with van der Waals surface area (Å²) in [4.78, 5) is 21.1. The average Bonchev–Trinajstić information content (AvgIpc) is 3.22. The van der Waals surface area contributed by atoms with Gasteiger partial charge in [0, 0.05) is 43.5 Å². The van der Waals surface area contributed by atoms with Gasteiger partial charge in [0.2, 0.25) is 5.91 Å². The third-order valence-electron chi connectivity index (χ3n) is 5.21. The summed E-state index contributed by atoms with van der Waals surface area (Å²) in [6.07, 6.45) is 3.35. The Morgan fingerprint density at radius 2 is 1.90 bits per heavy atom. The van der Waals surface area contributed by atoms with Gasteiger partial charge in [-0.3, -0.25) is 9.69 Å². The Morgan fingerprint density at radius 1 is 1.10 bits per heavy atom. The fourth-order valence-corrected chi connectivity index (χ4v) is 3.79. The lowest BCUT2D eigenvalue weighted by Gasteiger charge is -2.35. The Kier molecular flexibility index (Phi) is 6.46. The molecule has 0 spiro atoms. The molecule has 8 nitrogen and oxygen atoms in total. The molecular weight excluding hydrogens is 414 g/mol. The van der Waals surface area contributed by atoms with Crippen LogP contribution in [-0.4, -0.2) is 58.3 Å². The molecule has 0 bridgehead atoms. The van der Waals surface area contributed by atoms with E-state index in [9.17, 15) is 10.1 Å². The number of nitriles is 1. The van der Waals surface area contributed by atoms with Crippen molar-refractivity contribution in [3.8, 4) is 6.07 Å². The second kappa shape index (κ2) is 9.60. The smallest absolute Gasteiger partial charge is 0.239 e. The number of nitrogens with zero attached hydrogens (tertiary/aromatic N) is 6. The highest BCUT2D eigenvalue weighted by molar-refractivity contribution is 6.31. The van der Waals surface area contributed by atoms with Gasteiger partial charge in [0.1, 0.15) is 17.7 Å². The Hall–Kier alpha value is -3.41. The number of benzene rings is 1. The molecule has 1 fully saturated rings. The van der Waals surface area contributed by atoms with E-state index in [1.165, 1.54) is 0 Å². The minimum absolute atomic E-state index is 0.0927. The molecule has 1 aliphatic rings. The number of anilines is 2. The molecule has 0 atom stereocenters. The molecule has 0 radical (unpaired) electrons. The molecule has 1 N–H and O–H groups in total. The van der Waals surface area contributed by atoms with Crippen molar-refractivity contribution >= 4 is 29.1 Å². The fraction of sp³-hybridized carbons (Fsp3) is 0.273. The minimum Gasteiger partial charge on any atom is -0.353 e. The molecule has 1 amide bonds. The number of piperazine rings is 1. The molecule has 31 heavy (non-hydrogen) atoms. The van der Waals surface area contributed by atoms with Crippen molar-refractivity contribution in [2.75, 3.05) is 42.9 Å². The third-order valence-corrected chi connectivity index (χ3v) is 5.58. The Labute approximate surface area is 185 Å². The molecule has 3 heterocycles. The number of rotatable bonds is 6. The molecule has 3 aromatic rings. The van der Waals surface area contributed by atoms with E-state index < -0.39 is 0 Å². The lowest BCUT2D eigenvalue weighted by Crippen LogP contribution is -2.49. The molecule has 0 unspecified atom stereocenters. The standard InChI is InChI=1S/C22H22ClN7O/c23-19-6-2-1-4-18(19)15-30-20(7-9-26-30)27-21(31)16-28-10-12-29(13-11-28)22-17(14-24)5-3-8-25-22/h1-9H,10-13,15-16H2,(H,27,31). The Balaban J connectivity index is 1.31. The maximum atomic E-state index is 12.6. The van der Waals surface area contributed by atoms with Gasteiger partial charge in [-0.15, -0.1) is 0 Å². The van der Waals surface area contributed by atoms with Crippen LogP contribution < -0.4 is 10.2 Å². The first-order chi connectivity index (χ1) is 15.1. The zero-order chi connectivity index (χ0) is 21.6. The van der Waals surface area contributed by atoms with E-state index >= 15 is 0 Å². The number of pyridine rings is 1. The normalized spacial score (nSPS) is 14.3. The Bertz CT molecular complexity index is 1100. The van der Waals surface area contributed by atoms with E-state index in [1.807, 2.05) is 24.3 Å². The van der Waals surface area contributed by atoms with E-state index in [4.69, 9.17) is 11.6 Å². The van der Waals surface area contributed by atoms with Gasteiger partial charge in [-0.1, -0.05) is 29.8 Å². The van der Waals surface area contributed by atoms with Crippen molar-refractivity contribution in [2.45, 2.75) is 6.54 Å². The number of hydrogen-bond donors (Lipinski definition) is 1. The van der Waals surface area contributed by atoms with Crippen LogP contribution in [0.15, 0.2) is 54.9 Å². The van der Waals surface area contributed by atoms with Crippen molar-refractivity contribution in [1.82, 2.24) is 19.7 Å². The zero-order valence-corrected chi connectivity index (χ0v) is 17.7. The number of carbonyl (C=O) groups excluding carboxylic acids is 1. The van der Waals surface area contributed by atoms with Gasteiger partial charge >= 0.3 is 0 Å². The maximum absolute atomic E-state index is 12.6. The van der Waals surface area contributed by atoms with Gasteiger partial charge in [0.25, 0.3) is 0 Å². The summed E-state index contributed by atoms with van der Waals surface area (Å²) in [5.74, 6) is 1.25. The SMILES string of the molecule is N#Cc1cccnc1N1CCN(CC(=O)Nc2ccnn2Cc2ccccc2Cl)CC1. The number of amides is 1. The summed E-state index contributed by atoms with van der Waals surface area (Å²) >= 11 is 6.24. The van der Waals surface area contributed by atoms with E-state index in [2.05, 4.69) is 31.3 Å². The molecule has 1 saturated heterocycles. The molecule has 0 saturated carbocycles. The molecule has 9 heteroatoms. The lowest BCUT2D eigenvalue weighted by atomic mass is 10.2. The van der Waals surface area contributed by atoms with E-state index in [-0.39, 0.29) is 5.91 Å². The summed E-state index contributed by atoms with van der Waals surface area (Å²) in [7, 11) is 0. The van der Waals surface area contributed by atoms with Crippen molar-refractivity contribution in [1.29, 1.82) is 5.26 Å². The Morgan fingerprint density at radius 3 is 2.68 bits per heavy atom. The van der Waals surface area contributed by atoms with Gasteiger partial charge in [-0.25, -0.2) is 9.67 Å². The molecule has 158 valence electrons. The van der Waals surface area contributed by atoms with Crippen LogP contribution in [0, 0.1) is 11.3 Å². The molecular formula is C22H22ClN7O. The van der Waals surface area contributed by atoms with Crippen LogP contribution in [-0.2, 0) is 11.3 Å². The van der Waals surface area contributed by atoms with Crippen molar-refractivity contribution in [3.63, 3.8) is 0 Å². The molecule has 4 rings (SSSR count). The summed E-state index contributed by atoms with van der Waals surface area (Å²) in [5.41, 5.74) is 1.51. The quantitative estimate of drug-likeness (QED) is 0.640. The molecule has 1 aliphatic heterocycles. The highest BCUT2D eigenvalue weighted by atomic mass is 35.5. The van der Waals surface area contributed by atoms with Crippen molar-refractivity contribution < 1.29 is 4.79 Å². The van der Waals surface area contributed by atoms with E-state index in [0.29, 0.717) is 61.5 Å². The first-order valence-electron chi connectivity index (χ1n) is 10.0. The predicted molar refractivity (Wildman–Crippen MR) is 119 cm³/mol. The van der Waals surface area contributed by atoms with Crippen LogP contribution in [0.1, 0.15) is 11.1 Å². The van der Waals surface area contributed by atoms with Crippen molar-refractivity contribution in [3.05, 3.63) is 71.0 Å². The minimum atomic E-state index is -0.0927. The van der Waals surface area contributed by atoms with Crippen molar-refractivity contribution in [2.24, 2.45) is 0 Å². The first-order valence-corrected chi connectivity index (χ1v) is 10.4. The van der Waals surface area contributed by atoms with Crippen LogP contribution >= 0.6 is 11.6 Å². The van der Waals surface area contributed by atoms with Crippen LogP contribution in [0.25, 0.3) is 0 Å². The number of nitrogens with one attached hydrogen (secondary N) is 1. The second-order valence-electron chi connectivity index (χ2n) is 7.26. The van der Waals surface area contributed by atoms with E-state index in [1.54, 1.807) is 35.3 Å². The van der Waals surface area contributed by atoms with Gasteiger partial charge < -0.3 is 10.2 Å². The highest BCUT2D eigenvalue weighted by Crippen LogP contribution is 2.19. The van der Waals surface area contributed by atoms with Gasteiger partial charge in [0.15, 0.2) is 0 Å². The van der Waals surface area contributed by atoms with Crippen LogP contribution in [0.3, 0.4) is 0 Å². The first kappa shape index (κ1) is 20.8. The van der Waals surface area contributed by atoms with Gasteiger partial charge in [0.05, 0.1) is 24.8 Å². The van der Waals surface area contributed by atoms with Gasteiger partial charge in [-0.2, -0.15) is 10.4 Å². The maximum Gasteiger partial charge on any atom is 0.239 e. The second-order valence-corrected chi connectivity index (χ2v) is 7.67. The lowest BCUT2D eigenvalue weighted by molar-refractivity contribution is -0.117. The average molecular weight is 436 g/mol. The zero-order valence-electron chi connectivity index (χ0n) is 16.9. The van der Waals surface area contributed by atoms with Crippen LogP contribution in [0.4, 0.5) is 11.6 Å². The van der Waals surface area contributed by atoms with Gasteiger partial charge in [-0.05, 0) is 23.8 Å². The summed E-state index contributed by atoms with van der Waals surface area (Å²) < 4.78 is 1.72. The molecule has 2 aromatic heterocycles. The topological polar surface area (TPSA) is 90.1 Å². The summed E-state index contributed by atoms with van der Waals surface area (Å²) in [6.45, 7) is 3.62.